The Kier molecular flexibility index (Phi) is 4.44. The Morgan fingerprint density at radius 3 is 2.64 bits per heavy atom. The molecular formula is C20H18N6O2. The molecule has 4 aromatic rings. The van der Waals surface area contributed by atoms with Crippen LogP contribution in [0.2, 0.25) is 0 Å². The topological polar surface area (TPSA) is 98.8 Å². The Hall–Kier alpha value is -3.81. The summed E-state index contributed by atoms with van der Waals surface area (Å²) in [4.78, 5) is 19.3. The number of nitro benzene ring substituents is 1. The summed E-state index contributed by atoms with van der Waals surface area (Å²) < 4.78 is 1.70. The molecule has 0 bridgehead atoms. The van der Waals surface area contributed by atoms with Gasteiger partial charge in [-0.2, -0.15) is 5.10 Å². The number of hydrogen-bond acceptors (Lipinski definition) is 6. The molecule has 0 radical (unpaired) electrons. The number of aryl methyl sites for hydroxylation is 1. The van der Waals surface area contributed by atoms with Gasteiger partial charge in [0, 0.05) is 28.9 Å². The van der Waals surface area contributed by atoms with Gasteiger partial charge in [0.05, 0.1) is 10.6 Å². The molecule has 8 heteroatoms. The molecule has 28 heavy (non-hydrogen) atoms. The number of fused-ring (bicyclic) bond motifs is 1. The average molecular weight is 374 g/mol. The van der Waals surface area contributed by atoms with Crippen LogP contribution in [-0.2, 0) is 0 Å². The van der Waals surface area contributed by atoms with E-state index in [0.29, 0.717) is 5.52 Å². The van der Waals surface area contributed by atoms with Crippen molar-refractivity contribution in [3.05, 3.63) is 82.6 Å². The molecule has 0 aliphatic heterocycles. The molecule has 1 N–H and O–H groups in total. The van der Waals surface area contributed by atoms with Gasteiger partial charge in [-0.3, -0.25) is 10.1 Å². The Morgan fingerprint density at radius 2 is 1.96 bits per heavy atom. The highest BCUT2D eigenvalue weighted by atomic mass is 16.6. The summed E-state index contributed by atoms with van der Waals surface area (Å²) >= 11 is 0. The van der Waals surface area contributed by atoms with Gasteiger partial charge in [-0.15, -0.1) is 0 Å². The first-order valence-electron chi connectivity index (χ1n) is 8.79. The van der Waals surface area contributed by atoms with Crippen LogP contribution in [0.5, 0.6) is 0 Å². The molecule has 2 heterocycles. The minimum absolute atomic E-state index is 0.00550. The molecule has 140 valence electrons. The van der Waals surface area contributed by atoms with Crippen molar-refractivity contribution in [1.29, 1.82) is 0 Å². The van der Waals surface area contributed by atoms with Crippen molar-refractivity contribution in [2.24, 2.45) is 0 Å². The van der Waals surface area contributed by atoms with E-state index >= 15 is 0 Å². The van der Waals surface area contributed by atoms with E-state index in [1.807, 2.05) is 50.2 Å². The molecule has 0 saturated heterocycles. The fraction of sp³-hybridized carbons (Fsp3) is 0.150. The van der Waals surface area contributed by atoms with E-state index in [0.717, 1.165) is 28.0 Å². The van der Waals surface area contributed by atoms with Crippen molar-refractivity contribution >= 4 is 22.3 Å². The first-order valence-corrected chi connectivity index (χ1v) is 8.79. The van der Waals surface area contributed by atoms with Crippen LogP contribution in [0, 0.1) is 17.0 Å². The number of non-ortho nitro benzene ring substituents is 1. The lowest BCUT2D eigenvalue weighted by atomic mass is 10.1. The normalized spacial score (nSPS) is 12.1. The predicted octanol–water partition coefficient (Wildman–Crippen LogP) is 4.21. The minimum Gasteiger partial charge on any atom is -0.378 e. The van der Waals surface area contributed by atoms with E-state index in [1.54, 1.807) is 17.1 Å². The third kappa shape index (κ3) is 3.27. The zero-order valence-corrected chi connectivity index (χ0v) is 15.4. The molecule has 4 rings (SSSR count). The molecule has 0 spiro atoms. The van der Waals surface area contributed by atoms with E-state index < -0.39 is 4.92 Å². The van der Waals surface area contributed by atoms with Crippen molar-refractivity contribution in [3.63, 3.8) is 0 Å². The molecule has 1 atom stereocenters. The summed E-state index contributed by atoms with van der Waals surface area (Å²) in [5.41, 5.74) is 3.95. The summed E-state index contributed by atoms with van der Waals surface area (Å²) in [5, 5.41) is 19.7. The largest absolute Gasteiger partial charge is 0.378 e. The highest BCUT2D eigenvalue weighted by Crippen LogP contribution is 2.32. The zero-order chi connectivity index (χ0) is 19.7. The van der Waals surface area contributed by atoms with Crippen molar-refractivity contribution in [3.8, 4) is 5.69 Å². The molecule has 2 aromatic carbocycles. The lowest BCUT2D eigenvalue weighted by molar-refractivity contribution is -0.383. The summed E-state index contributed by atoms with van der Waals surface area (Å²) in [6, 6.07) is 14.9. The molecule has 2 aromatic heterocycles. The first-order chi connectivity index (χ1) is 13.5. The van der Waals surface area contributed by atoms with E-state index in [-0.39, 0.29) is 11.7 Å². The fourth-order valence-electron chi connectivity index (χ4n) is 3.20. The molecule has 0 aliphatic carbocycles. The Morgan fingerprint density at radius 1 is 1.18 bits per heavy atom. The number of pyridine rings is 1. The summed E-state index contributed by atoms with van der Waals surface area (Å²) in [5.74, 6) is 0. The van der Waals surface area contributed by atoms with Crippen LogP contribution in [0.1, 0.15) is 24.2 Å². The number of benzene rings is 2. The zero-order valence-electron chi connectivity index (χ0n) is 15.4. The smallest absolute Gasteiger partial charge is 0.295 e. The maximum Gasteiger partial charge on any atom is 0.295 e. The van der Waals surface area contributed by atoms with Gasteiger partial charge in [0.1, 0.15) is 12.7 Å². The summed E-state index contributed by atoms with van der Waals surface area (Å²) in [7, 11) is 0. The van der Waals surface area contributed by atoms with Crippen LogP contribution in [0.15, 0.2) is 61.2 Å². The quantitative estimate of drug-likeness (QED) is 0.415. The van der Waals surface area contributed by atoms with Gasteiger partial charge in [-0.25, -0.2) is 14.6 Å². The summed E-state index contributed by atoms with van der Waals surface area (Å²) in [6.45, 7) is 3.88. The van der Waals surface area contributed by atoms with Crippen LogP contribution in [0.3, 0.4) is 0 Å². The Balaban J connectivity index is 1.66. The highest BCUT2D eigenvalue weighted by Gasteiger charge is 2.17. The van der Waals surface area contributed by atoms with Gasteiger partial charge in [0.2, 0.25) is 0 Å². The van der Waals surface area contributed by atoms with E-state index in [2.05, 4.69) is 20.4 Å². The predicted molar refractivity (Wildman–Crippen MR) is 107 cm³/mol. The maximum absolute atomic E-state index is 11.3. The first kappa shape index (κ1) is 17.6. The van der Waals surface area contributed by atoms with Gasteiger partial charge in [-0.05, 0) is 37.6 Å². The number of nitro groups is 1. The van der Waals surface area contributed by atoms with Crippen LogP contribution < -0.4 is 5.32 Å². The third-order valence-corrected chi connectivity index (χ3v) is 4.59. The number of anilines is 1. The fourth-order valence-corrected chi connectivity index (χ4v) is 3.20. The number of hydrogen-bond donors (Lipinski definition) is 1. The number of rotatable bonds is 5. The Labute approximate surface area is 161 Å². The minimum atomic E-state index is -0.398. The Bertz CT molecular complexity index is 1140. The second-order valence-electron chi connectivity index (χ2n) is 6.54. The second-order valence-corrected chi connectivity index (χ2v) is 6.54. The summed E-state index contributed by atoms with van der Waals surface area (Å²) in [6.07, 6.45) is 3.14. The molecule has 0 fully saturated rings. The van der Waals surface area contributed by atoms with Gasteiger partial charge < -0.3 is 5.32 Å². The van der Waals surface area contributed by atoms with Crippen LogP contribution in [-0.4, -0.2) is 24.7 Å². The van der Waals surface area contributed by atoms with Crippen LogP contribution in [0.4, 0.5) is 11.4 Å². The van der Waals surface area contributed by atoms with Crippen LogP contribution in [0.25, 0.3) is 16.6 Å². The van der Waals surface area contributed by atoms with Crippen molar-refractivity contribution < 1.29 is 4.92 Å². The van der Waals surface area contributed by atoms with Crippen molar-refractivity contribution in [2.75, 3.05) is 5.32 Å². The van der Waals surface area contributed by atoms with Gasteiger partial charge >= 0.3 is 0 Å². The molecule has 0 amide bonds. The van der Waals surface area contributed by atoms with Crippen molar-refractivity contribution in [2.45, 2.75) is 19.9 Å². The average Bonchev–Trinajstić information content (AvgIpc) is 3.22. The van der Waals surface area contributed by atoms with Gasteiger partial charge in [-0.1, -0.05) is 24.3 Å². The number of aromatic nitrogens is 4. The highest BCUT2D eigenvalue weighted by molar-refractivity contribution is 5.96. The number of para-hydroxylation sites is 1. The monoisotopic (exact) mass is 374 g/mol. The van der Waals surface area contributed by atoms with Gasteiger partial charge in [0.15, 0.2) is 5.52 Å². The van der Waals surface area contributed by atoms with Crippen molar-refractivity contribution in [1.82, 2.24) is 19.7 Å². The molecule has 0 saturated carbocycles. The third-order valence-electron chi connectivity index (χ3n) is 4.59. The van der Waals surface area contributed by atoms with E-state index in [1.165, 1.54) is 12.4 Å². The molecular weight excluding hydrogens is 356 g/mol. The second kappa shape index (κ2) is 7.07. The number of nitrogens with zero attached hydrogens (tertiary/aromatic N) is 5. The van der Waals surface area contributed by atoms with E-state index in [4.69, 9.17) is 0 Å². The number of nitrogens with one attached hydrogen (secondary N) is 1. The molecule has 8 nitrogen and oxygen atoms in total. The lowest BCUT2D eigenvalue weighted by Gasteiger charge is -2.18. The maximum atomic E-state index is 11.3. The standard InChI is InChI=1S/C20H18N6O2/c1-13-10-18(17-4-3-5-19(26(27)28)20(17)23-13)24-14(2)15-6-8-16(9-7-15)25-12-21-11-22-25/h3-12,14H,1-2H3,(H,23,24). The van der Waals surface area contributed by atoms with Crippen LogP contribution >= 0.6 is 0 Å². The van der Waals surface area contributed by atoms with Gasteiger partial charge in [0.25, 0.3) is 5.69 Å². The molecule has 0 aliphatic rings. The molecule has 1 unspecified atom stereocenters. The lowest BCUT2D eigenvalue weighted by Crippen LogP contribution is -2.08. The van der Waals surface area contributed by atoms with E-state index in [9.17, 15) is 10.1 Å². The SMILES string of the molecule is Cc1cc(NC(C)c2ccc(-n3cncn3)cc2)c2cccc([N+](=O)[O-])c2n1.